The van der Waals surface area contributed by atoms with Crippen LogP contribution in [0.15, 0.2) is 17.3 Å². The Hall–Kier alpha value is -0.920. The topological polar surface area (TPSA) is 75.4 Å². The van der Waals surface area contributed by atoms with Gasteiger partial charge >= 0.3 is 0 Å². The minimum atomic E-state index is -3.46. The molecular formula is C14H25N3O3S. The van der Waals surface area contributed by atoms with Crippen LogP contribution in [0.2, 0.25) is 0 Å². The Labute approximate surface area is 126 Å². The quantitative estimate of drug-likeness (QED) is 0.909. The highest BCUT2D eigenvalue weighted by Crippen LogP contribution is 2.35. The molecule has 0 unspecified atom stereocenters. The van der Waals surface area contributed by atoms with Crippen molar-refractivity contribution in [2.45, 2.75) is 45.1 Å². The maximum absolute atomic E-state index is 12.6. The van der Waals surface area contributed by atoms with Crippen molar-refractivity contribution in [1.82, 2.24) is 14.1 Å². The number of nitrogens with zero attached hydrogens (tertiary/aromatic N) is 3. The summed E-state index contributed by atoms with van der Waals surface area (Å²) in [7, 11) is -3.46. The van der Waals surface area contributed by atoms with E-state index in [0.717, 1.165) is 12.8 Å². The molecule has 0 amide bonds. The monoisotopic (exact) mass is 315 g/mol. The number of aromatic nitrogens is 2. The number of piperidine rings is 1. The fourth-order valence-corrected chi connectivity index (χ4v) is 4.24. The van der Waals surface area contributed by atoms with E-state index >= 15 is 0 Å². The summed E-state index contributed by atoms with van der Waals surface area (Å²) in [6, 6.07) is 0. The van der Waals surface area contributed by atoms with Crippen LogP contribution in [-0.2, 0) is 16.6 Å². The predicted molar refractivity (Wildman–Crippen MR) is 80.3 cm³/mol. The van der Waals surface area contributed by atoms with Gasteiger partial charge in [0.15, 0.2) is 0 Å². The van der Waals surface area contributed by atoms with Crippen LogP contribution in [0.1, 0.15) is 33.6 Å². The first-order valence-electron chi connectivity index (χ1n) is 7.38. The molecule has 1 aliphatic heterocycles. The van der Waals surface area contributed by atoms with Gasteiger partial charge in [-0.1, -0.05) is 20.8 Å². The maximum atomic E-state index is 12.6. The molecule has 2 rings (SSSR count). The zero-order valence-electron chi connectivity index (χ0n) is 13.0. The Bertz CT molecular complexity index is 567. The molecule has 21 heavy (non-hydrogen) atoms. The maximum Gasteiger partial charge on any atom is 0.246 e. The average molecular weight is 315 g/mol. The van der Waals surface area contributed by atoms with Gasteiger partial charge in [-0.3, -0.25) is 4.68 Å². The lowest BCUT2D eigenvalue weighted by molar-refractivity contribution is 0.154. The van der Waals surface area contributed by atoms with Crippen molar-refractivity contribution in [3.63, 3.8) is 0 Å². The van der Waals surface area contributed by atoms with Gasteiger partial charge in [-0.2, -0.15) is 9.40 Å². The van der Waals surface area contributed by atoms with Crippen molar-refractivity contribution >= 4 is 10.0 Å². The molecule has 7 heteroatoms. The molecule has 0 aliphatic carbocycles. The highest BCUT2D eigenvalue weighted by Gasteiger charge is 2.34. The summed E-state index contributed by atoms with van der Waals surface area (Å²) in [5.41, 5.74) is 0.224. The average Bonchev–Trinajstić information content (AvgIpc) is 2.88. The fourth-order valence-electron chi connectivity index (χ4n) is 2.81. The summed E-state index contributed by atoms with van der Waals surface area (Å²) >= 11 is 0. The Morgan fingerprint density at radius 1 is 1.33 bits per heavy atom. The highest BCUT2D eigenvalue weighted by atomic mass is 32.2. The van der Waals surface area contributed by atoms with E-state index in [9.17, 15) is 8.42 Å². The summed E-state index contributed by atoms with van der Waals surface area (Å²) in [4.78, 5) is 0.213. The van der Waals surface area contributed by atoms with Crippen molar-refractivity contribution in [2.24, 2.45) is 11.3 Å². The SMILES string of the molecule is CC(C)(C)C1CCN(S(=O)(=O)c2cnn(CCO)c2)CC1. The van der Waals surface area contributed by atoms with E-state index in [0.29, 0.717) is 25.6 Å². The molecule has 0 spiro atoms. The molecule has 1 aliphatic rings. The van der Waals surface area contributed by atoms with Crippen molar-refractivity contribution < 1.29 is 13.5 Å². The number of hydrogen-bond donors (Lipinski definition) is 1. The van der Waals surface area contributed by atoms with Gasteiger partial charge < -0.3 is 5.11 Å². The minimum absolute atomic E-state index is 0.0574. The smallest absolute Gasteiger partial charge is 0.246 e. The Morgan fingerprint density at radius 3 is 2.48 bits per heavy atom. The molecule has 0 atom stereocenters. The summed E-state index contributed by atoms with van der Waals surface area (Å²) in [5.74, 6) is 0.557. The zero-order chi connectivity index (χ0) is 15.7. The van der Waals surface area contributed by atoms with E-state index in [1.54, 1.807) is 4.31 Å². The predicted octanol–water partition coefficient (Wildman–Crippen LogP) is 1.32. The van der Waals surface area contributed by atoms with Crippen molar-refractivity contribution in [1.29, 1.82) is 0 Å². The number of rotatable bonds is 4. The normalized spacial score (nSPS) is 19.0. The molecule has 1 aromatic rings. The van der Waals surface area contributed by atoms with E-state index in [2.05, 4.69) is 25.9 Å². The molecule has 1 aromatic heterocycles. The molecule has 1 N–H and O–H groups in total. The lowest BCUT2D eigenvalue weighted by Crippen LogP contribution is -2.41. The van der Waals surface area contributed by atoms with Crippen molar-refractivity contribution in [3.8, 4) is 0 Å². The number of hydrogen-bond acceptors (Lipinski definition) is 4. The first-order valence-corrected chi connectivity index (χ1v) is 8.82. The van der Waals surface area contributed by atoms with Gasteiger partial charge in [-0.15, -0.1) is 0 Å². The number of sulfonamides is 1. The molecule has 120 valence electrons. The Morgan fingerprint density at radius 2 is 1.95 bits per heavy atom. The lowest BCUT2D eigenvalue weighted by Gasteiger charge is -2.38. The standard InChI is InChI=1S/C14H25N3O3S/c1-14(2,3)12-4-6-17(7-5-12)21(19,20)13-10-15-16(11-13)8-9-18/h10-12,18H,4-9H2,1-3H3. The van der Waals surface area contributed by atoms with Crippen LogP contribution in [0.25, 0.3) is 0 Å². The van der Waals surface area contributed by atoms with E-state index < -0.39 is 10.0 Å². The van der Waals surface area contributed by atoms with Crippen molar-refractivity contribution in [2.75, 3.05) is 19.7 Å². The third kappa shape index (κ3) is 3.64. The van der Waals surface area contributed by atoms with Gasteiger partial charge in [0.1, 0.15) is 4.90 Å². The Balaban J connectivity index is 2.07. The minimum Gasteiger partial charge on any atom is -0.394 e. The molecule has 1 saturated heterocycles. The van der Waals surface area contributed by atoms with Gasteiger partial charge in [0, 0.05) is 19.3 Å². The summed E-state index contributed by atoms with van der Waals surface area (Å²) in [5, 5.41) is 12.8. The highest BCUT2D eigenvalue weighted by molar-refractivity contribution is 7.89. The van der Waals surface area contributed by atoms with Crippen LogP contribution in [0.4, 0.5) is 0 Å². The van der Waals surface area contributed by atoms with Crippen LogP contribution in [0.3, 0.4) is 0 Å². The first-order chi connectivity index (χ1) is 9.75. The third-order valence-electron chi connectivity index (χ3n) is 4.26. The number of aliphatic hydroxyl groups excluding tert-OH is 1. The second kappa shape index (κ2) is 6.06. The van der Waals surface area contributed by atoms with E-state index in [1.165, 1.54) is 17.1 Å². The molecule has 2 heterocycles. The Kier molecular flexibility index (Phi) is 4.75. The van der Waals surface area contributed by atoms with E-state index in [-0.39, 0.29) is 16.9 Å². The third-order valence-corrected chi connectivity index (χ3v) is 6.11. The molecule has 1 fully saturated rings. The lowest BCUT2D eigenvalue weighted by atomic mass is 9.76. The van der Waals surface area contributed by atoms with Gasteiger partial charge in [0.05, 0.1) is 19.3 Å². The van der Waals surface area contributed by atoms with E-state index in [4.69, 9.17) is 5.11 Å². The largest absolute Gasteiger partial charge is 0.394 e. The van der Waals surface area contributed by atoms with Crippen LogP contribution in [0, 0.1) is 11.3 Å². The van der Waals surface area contributed by atoms with Gasteiger partial charge in [-0.05, 0) is 24.2 Å². The summed E-state index contributed by atoms with van der Waals surface area (Å²) < 4.78 is 28.1. The molecule has 0 bridgehead atoms. The molecule has 0 radical (unpaired) electrons. The number of aliphatic hydroxyl groups is 1. The second-order valence-corrected chi connectivity index (χ2v) is 8.65. The van der Waals surface area contributed by atoms with Crippen LogP contribution in [0.5, 0.6) is 0 Å². The van der Waals surface area contributed by atoms with Crippen LogP contribution < -0.4 is 0 Å². The van der Waals surface area contributed by atoms with Gasteiger partial charge in [-0.25, -0.2) is 8.42 Å². The van der Waals surface area contributed by atoms with E-state index in [1.807, 2.05) is 0 Å². The van der Waals surface area contributed by atoms with Gasteiger partial charge in [0.2, 0.25) is 10.0 Å². The fraction of sp³-hybridized carbons (Fsp3) is 0.786. The molecular weight excluding hydrogens is 290 g/mol. The second-order valence-electron chi connectivity index (χ2n) is 6.71. The van der Waals surface area contributed by atoms with Gasteiger partial charge in [0.25, 0.3) is 0 Å². The molecule has 0 saturated carbocycles. The van der Waals surface area contributed by atoms with Crippen molar-refractivity contribution in [3.05, 3.63) is 12.4 Å². The zero-order valence-corrected chi connectivity index (χ0v) is 13.8. The molecule has 0 aromatic carbocycles. The molecule has 6 nitrogen and oxygen atoms in total. The summed E-state index contributed by atoms with van der Waals surface area (Å²) in [6.45, 7) is 8.01. The summed E-state index contributed by atoms with van der Waals surface area (Å²) in [6.07, 6.45) is 4.64. The van der Waals surface area contributed by atoms with Crippen LogP contribution >= 0.6 is 0 Å². The van der Waals surface area contributed by atoms with Crippen LogP contribution in [-0.4, -0.2) is 47.3 Å². The first kappa shape index (κ1) is 16.5.